The third kappa shape index (κ3) is 4.70. The molecule has 0 aromatic heterocycles. The van der Waals surface area contributed by atoms with E-state index in [1.807, 2.05) is 36.0 Å². The minimum atomic E-state index is -0.103. The minimum absolute atomic E-state index is 0.0198. The number of likely N-dealkylation sites (tertiary alicyclic amines) is 2. The maximum Gasteiger partial charge on any atom is 0.248 e. The average Bonchev–Trinajstić information content (AvgIpc) is 3.21. The molecule has 2 fully saturated rings. The number of carbonyl (C=O) groups excluding carboxylic acids is 2. The van der Waals surface area contributed by atoms with Crippen LogP contribution in [0.25, 0.3) is 0 Å². The van der Waals surface area contributed by atoms with Gasteiger partial charge in [0.1, 0.15) is 18.1 Å². The first-order valence-corrected chi connectivity index (χ1v) is 10.2. The number of fused-ring (bicyclic) bond motifs is 1. The van der Waals surface area contributed by atoms with Crippen molar-refractivity contribution in [3.05, 3.63) is 23.8 Å². The summed E-state index contributed by atoms with van der Waals surface area (Å²) in [4.78, 5) is 31.5. The van der Waals surface area contributed by atoms with Crippen molar-refractivity contribution in [1.29, 1.82) is 0 Å². The van der Waals surface area contributed by atoms with E-state index in [2.05, 4.69) is 4.90 Å². The van der Waals surface area contributed by atoms with Crippen LogP contribution >= 0.6 is 0 Å². The number of methoxy groups -OCH3 is 3. The molecule has 3 rings (SSSR count). The quantitative estimate of drug-likeness (QED) is 0.619. The van der Waals surface area contributed by atoms with Gasteiger partial charge in [-0.3, -0.25) is 9.59 Å². The second-order valence-electron chi connectivity index (χ2n) is 8.68. The molecule has 0 radical (unpaired) electrons. The van der Waals surface area contributed by atoms with Crippen LogP contribution in [0.4, 0.5) is 0 Å². The fraction of sp³-hybridized carbons (Fsp3) is 0.636. The van der Waals surface area contributed by atoms with E-state index < -0.39 is 0 Å². The molecule has 2 aliphatic rings. The molecular formula is C22H33N3O5. The highest BCUT2D eigenvalue weighted by Gasteiger charge is 2.54. The highest BCUT2D eigenvalue weighted by Crippen LogP contribution is 2.43. The molecule has 0 spiro atoms. The van der Waals surface area contributed by atoms with Crippen LogP contribution in [0.1, 0.15) is 5.56 Å². The highest BCUT2D eigenvalue weighted by atomic mass is 16.5. The monoisotopic (exact) mass is 419 g/mol. The summed E-state index contributed by atoms with van der Waals surface area (Å²) in [7, 11) is 8.82. The molecule has 166 valence electrons. The Bertz CT molecular complexity index is 762. The zero-order valence-corrected chi connectivity index (χ0v) is 18.6. The van der Waals surface area contributed by atoms with Crippen LogP contribution in [0.5, 0.6) is 11.5 Å². The molecule has 2 heterocycles. The summed E-state index contributed by atoms with van der Waals surface area (Å²) >= 11 is 0. The first kappa shape index (κ1) is 22.4. The van der Waals surface area contributed by atoms with Crippen molar-refractivity contribution in [3.8, 4) is 11.5 Å². The first-order chi connectivity index (χ1) is 14.3. The van der Waals surface area contributed by atoms with Crippen LogP contribution in [0.15, 0.2) is 18.2 Å². The van der Waals surface area contributed by atoms with Gasteiger partial charge in [0.05, 0.1) is 20.6 Å². The smallest absolute Gasteiger partial charge is 0.248 e. The number of carbonyl (C=O) groups is 2. The number of rotatable bonds is 8. The van der Waals surface area contributed by atoms with Gasteiger partial charge >= 0.3 is 0 Å². The molecule has 0 bridgehead atoms. The van der Waals surface area contributed by atoms with Crippen LogP contribution in [-0.2, 0) is 20.7 Å². The zero-order chi connectivity index (χ0) is 21.9. The Hall–Kier alpha value is -2.32. The Morgan fingerprint density at radius 3 is 2.07 bits per heavy atom. The van der Waals surface area contributed by atoms with Crippen LogP contribution in [0, 0.1) is 11.3 Å². The lowest BCUT2D eigenvalue weighted by Crippen LogP contribution is -2.44. The van der Waals surface area contributed by atoms with E-state index in [1.165, 1.54) is 0 Å². The number of hydrogen-bond acceptors (Lipinski definition) is 6. The van der Waals surface area contributed by atoms with Crippen LogP contribution in [0.3, 0.4) is 0 Å². The van der Waals surface area contributed by atoms with Gasteiger partial charge in [0, 0.05) is 57.2 Å². The van der Waals surface area contributed by atoms with Crippen molar-refractivity contribution in [3.63, 3.8) is 0 Å². The van der Waals surface area contributed by atoms with E-state index in [-0.39, 0.29) is 29.8 Å². The Kier molecular flexibility index (Phi) is 6.88. The number of ether oxygens (including phenoxy) is 3. The second kappa shape index (κ2) is 9.22. The van der Waals surface area contributed by atoms with E-state index in [0.29, 0.717) is 44.1 Å². The summed E-state index contributed by atoms with van der Waals surface area (Å²) < 4.78 is 15.7. The highest BCUT2D eigenvalue weighted by molar-refractivity contribution is 5.80. The Morgan fingerprint density at radius 2 is 1.57 bits per heavy atom. The normalized spacial score (nSPS) is 23.1. The van der Waals surface area contributed by atoms with Crippen LogP contribution in [0.2, 0.25) is 0 Å². The molecule has 2 atom stereocenters. The lowest BCUT2D eigenvalue weighted by Gasteiger charge is -2.32. The van der Waals surface area contributed by atoms with Gasteiger partial charge in [0.15, 0.2) is 0 Å². The third-order valence-corrected chi connectivity index (χ3v) is 6.13. The molecule has 1 aromatic rings. The molecule has 2 saturated heterocycles. The van der Waals surface area contributed by atoms with Crippen LogP contribution in [-0.4, -0.2) is 101 Å². The van der Waals surface area contributed by atoms with E-state index in [1.54, 1.807) is 27.4 Å². The van der Waals surface area contributed by atoms with Crippen molar-refractivity contribution in [2.45, 2.75) is 6.42 Å². The molecule has 2 amide bonds. The van der Waals surface area contributed by atoms with Crippen molar-refractivity contribution in [2.75, 3.05) is 74.8 Å². The Balaban J connectivity index is 1.72. The van der Waals surface area contributed by atoms with Crippen molar-refractivity contribution < 1.29 is 23.8 Å². The Morgan fingerprint density at radius 1 is 1.00 bits per heavy atom. The number of nitrogens with zero attached hydrogens (tertiary/aromatic N) is 3. The molecule has 0 unspecified atom stereocenters. The maximum absolute atomic E-state index is 13.1. The Labute approximate surface area is 178 Å². The minimum Gasteiger partial charge on any atom is -0.497 e. The maximum atomic E-state index is 13.1. The van der Waals surface area contributed by atoms with Gasteiger partial charge in [0.25, 0.3) is 0 Å². The van der Waals surface area contributed by atoms with Crippen molar-refractivity contribution >= 4 is 11.8 Å². The van der Waals surface area contributed by atoms with E-state index in [0.717, 1.165) is 12.1 Å². The van der Waals surface area contributed by atoms with Crippen molar-refractivity contribution in [2.24, 2.45) is 11.3 Å². The van der Waals surface area contributed by atoms with E-state index in [9.17, 15) is 9.59 Å². The topological polar surface area (TPSA) is 71.5 Å². The lowest BCUT2D eigenvalue weighted by molar-refractivity contribution is -0.135. The summed E-state index contributed by atoms with van der Waals surface area (Å²) in [6, 6.07) is 5.54. The van der Waals surface area contributed by atoms with Gasteiger partial charge < -0.3 is 28.9 Å². The van der Waals surface area contributed by atoms with Gasteiger partial charge in [0.2, 0.25) is 11.8 Å². The fourth-order valence-electron chi connectivity index (χ4n) is 4.88. The molecule has 8 heteroatoms. The summed E-state index contributed by atoms with van der Waals surface area (Å²) in [6.45, 7) is 3.61. The predicted octanol–water partition coefficient (Wildman–Crippen LogP) is 0.741. The molecule has 0 aliphatic carbocycles. The van der Waals surface area contributed by atoms with Crippen LogP contribution < -0.4 is 9.47 Å². The number of hydrogen-bond donors (Lipinski definition) is 0. The predicted molar refractivity (Wildman–Crippen MR) is 113 cm³/mol. The molecule has 0 N–H and O–H groups in total. The third-order valence-electron chi connectivity index (χ3n) is 6.13. The first-order valence-electron chi connectivity index (χ1n) is 10.2. The number of benzene rings is 1. The molecule has 8 nitrogen and oxygen atoms in total. The summed E-state index contributed by atoms with van der Waals surface area (Å²) in [5, 5.41) is 0. The molecule has 30 heavy (non-hydrogen) atoms. The van der Waals surface area contributed by atoms with Gasteiger partial charge in [-0.05, 0) is 31.8 Å². The summed E-state index contributed by atoms with van der Waals surface area (Å²) in [5.74, 6) is 1.72. The molecule has 2 aliphatic heterocycles. The summed E-state index contributed by atoms with van der Waals surface area (Å²) in [6.07, 6.45) is 0.296. The molecular weight excluding hydrogens is 386 g/mol. The lowest BCUT2D eigenvalue weighted by atomic mass is 9.80. The molecule has 0 saturated carbocycles. The SMILES string of the molecule is COCC(=O)N1C[C@@H]2CN(C(=O)Cc3cc(OC)cc(OC)c3)C[C@]2(CN(C)C)C1. The van der Waals surface area contributed by atoms with E-state index in [4.69, 9.17) is 14.2 Å². The standard InChI is InChI=1S/C22H33N3O5/c1-23(2)13-22-14-24(10-17(22)11-25(15-22)21(27)12-28-3)20(26)8-16-6-18(29-4)9-19(7-16)30-5/h6-7,9,17H,8,10-15H2,1-5H3/t17-,22+/m0/s1. The zero-order valence-electron chi connectivity index (χ0n) is 18.6. The molecule has 1 aromatic carbocycles. The van der Waals surface area contributed by atoms with E-state index >= 15 is 0 Å². The average molecular weight is 420 g/mol. The number of amides is 2. The van der Waals surface area contributed by atoms with Gasteiger partial charge in [-0.15, -0.1) is 0 Å². The van der Waals surface area contributed by atoms with Gasteiger partial charge in [-0.25, -0.2) is 0 Å². The fourth-order valence-corrected chi connectivity index (χ4v) is 4.88. The van der Waals surface area contributed by atoms with Crippen molar-refractivity contribution in [1.82, 2.24) is 14.7 Å². The van der Waals surface area contributed by atoms with Gasteiger partial charge in [-0.2, -0.15) is 0 Å². The van der Waals surface area contributed by atoms with Gasteiger partial charge in [-0.1, -0.05) is 0 Å². The largest absolute Gasteiger partial charge is 0.497 e. The summed E-state index contributed by atoms with van der Waals surface area (Å²) in [5.41, 5.74) is 0.765. The second-order valence-corrected chi connectivity index (χ2v) is 8.68.